The van der Waals surface area contributed by atoms with Crippen molar-refractivity contribution >= 4 is 11.9 Å². The van der Waals surface area contributed by atoms with Crippen LogP contribution in [-0.2, 0) is 9.59 Å². The minimum Gasteiger partial charge on any atom is -0.480 e. The Bertz CT molecular complexity index is 301. The van der Waals surface area contributed by atoms with Crippen molar-refractivity contribution in [3.05, 3.63) is 0 Å². The van der Waals surface area contributed by atoms with Crippen molar-refractivity contribution in [1.82, 2.24) is 9.80 Å². The van der Waals surface area contributed by atoms with Crippen LogP contribution in [0.25, 0.3) is 0 Å². The molecule has 1 unspecified atom stereocenters. The summed E-state index contributed by atoms with van der Waals surface area (Å²) in [6.45, 7) is 5.99. The SMILES string of the molecule is CCC[C@H](N)C(=O)N1CCN(C(C)C(=O)O)CC1. The zero-order chi connectivity index (χ0) is 13.7. The third-order valence-corrected chi connectivity index (χ3v) is 3.45. The molecule has 0 aromatic carbocycles. The van der Waals surface area contributed by atoms with E-state index in [0.29, 0.717) is 32.6 Å². The Hall–Kier alpha value is -1.14. The highest BCUT2D eigenvalue weighted by atomic mass is 16.4. The summed E-state index contributed by atoms with van der Waals surface area (Å²) >= 11 is 0. The van der Waals surface area contributed by atoms with Gasteiger partial charge in [0.05, 0.1) is 6.04 Å². The number of hydrogen-bond acceptors (Lipinski definition) is 4. The first-order chi connectivity index (χ1) is 8.47. The summed E-state index contributed by atoms with van der Waals surface area (Å²) in [7, 11) is 0. The van der Waals surface area contributed by atoms with Crippen molar-refractivity contribution in [3.8, 4) is 0 Å². The van der Waals surface area contributed by atoms with E-state index < -0.39 is 18.1 Å². The van der Waals surface area contributed by atoms with Crippen LogP contribution in [-0.4, -0.2) is 65.0 Å². The molecule has 3 N–H and O–H groups in total. The van der Waals surface area contributed by atoms with Gasteiger partial charge in [-0.1, -0.05) is 13.3 Å². The maximum absolute atomic E-state index is 12.0. The van der Waals surface area contributed by atoms with Crippen molar-refractivity contribution in [2.45, 2.75) is 38.8 Å². The third-order valence-electron chi connectivity index (χ3n) is 3.45. The molecule has 0 aromatic heterocycles. The van der Waals surface area contributed by atoms with E-state index in [1.807, 2.05) is 11.8 Å². The highest BCUT2D eigenvalue weighted by molar-refractivity contribution is 5.81. The fourth-order valence-electron chi connectivity index (χ4n) is 2.15. The van der Waals surface area contributed by atoms with Crippen molar-refractivity contribution in [2.75, 3.05) is 26.2 Å². The first-order valence-electron chi connectivity index (χ1n) is 6.48. The standard InChI is InChI=1S/C12H23N3O3/c1-3-4-10(13)11(16)15-7-5-14(6-8-15)9(2)12(17)18/h9-10H,3-8,13H2,1-2H3,(H,17,18)/t9?,10-/m0/s1. The molecule has 1 rings (SSSR count). The van der Waals surface area contributed by atoms with Crippen molar-refractivity contribution in [1.29, 1.82) is 0 Å². The fraction of sp³-hybridized carbons (Fsp3) is 0.833. The molecule has 0 radical (unpaired) electrons. The largest absolute Gasteiger partial charge is 0.480 e. The molecular formula is C12H23N3O3. The molecule has 6 heteroatoms. The Morgan fingerprint density at radius 3 is 2.28 bits per heavy atom. The Kier molecular flexibility index (Phi) is 5.55. The second-order valence-corrected chi connectivity index (χ2v) is 4.77. The summed E-state index contributed by atoms with van der Waals surface area (Å²) in [4.78, 5) is 26.4. The van der Waals surface area contributed by atoms with Gasteiger partial charge < -0.3 is 15.7 Å². The summed E-state index contributed by atoms with van der Waals surface area (Å²) in [5.41, 5.74) is 5.80. The van der Waals surface area contributed by atoms with Gasteiger partial charge in [-0.15, -0.1) is 0 Å². The van der Waals surface area contributed by atoms with Crippen LogP contribution in [0.1, 0.15) is 26.7 Å². The van der Waals surface area contributed by atoms with E-state index in [1.54, 1.807) is 11.8 Å². The van der Waals surface area contributed by atoms with Crippen LogP contribution in [0.3, 0.4) is 0 Å². The number of amides is 1. The number of piperazine rings is 1. The number of carbonyl (C=O) groups excluding carboxylic acids is 1. The van der Waals surface area contributed by atoms with Gasteiger partial charge in [-0.3, -0.25) is 14.5 Å². The van der Waals surface area contributed by atoms with Gasteiger partial charge in [0.25, 0.3) is 0 Å². The number of carbonyl (C=O) groups is 2. The second kappa shape index (κ2) is 6.70. The predicted octanol–water partition coefficient (Wildman–Crippen LogP) is -0.269. The topological polar surface area (TPSA) is 86.9 Å². The molecule has 18 heavy (non-hydrogen) atoms. The summed E-state index contributed by atoms with van der Waals surface area (Å²) in [6.07, 6.45) is 1.59. The lowest BCUT2D eigenvalue weighted by atomic mass is 10.1. The minimum atomic E-state index is -0.822. The monoisotopic (exact) mass is 257 g/mol. The zero-order valence-corrected chi connectivity index (χ0v) is 11.1. The van der Waals surface area contributed by atoms with Gasteiger partial charge in [0, 0.05) is 26.2 Å². The number of hydrogen-bond donors (Lipinski definition) is 2. The van der Waals surface area contributed by atoms with E-state index in [4.69, 9.17) is 10.8 Å². The van der Waals surface area contributed by atoms with Crippen LogP contribution < -0.4 is 5.73 Å². The average molecular weight is 257 g/mol. The quantitative estimate of drug-likeness (QED) is 0.708. The first kappa shape index (κ1) is 14.9. The molecule has 0 saturated carbocycles. The summed E-state index contributed by atoms with van der Waals surface area (Å²) in [6, 6.07) is -0.912. The number of carboxylic acid groups (broad SMARTS) is 1. The molecule has 1 amide bonds. The first-order valence-corrected chi connectivity index (χ1v) is 6.48. The van der Waals surface area contributed by atoms with E-state index in [9.17, 15) is 9.59 Å². The van der Waals surface area contributed by atoms with Gasteiger partial charge >= 0.3 is 5.97 Å². The summed E-state index contributed by atoms with van der Waals surface area (Å²) in [5, 5.41) is 8.93. The molecule has 0 aliphatic carbocycles. The molecule has 1 fully saturated rings. The number of nitrogens with two attached hydrogens (primary N) is 1. The lowest BCUT2D eigenvalue weighted by Gasteiger charge is -2.37. The van der Waals surface area contributed by atoms with Crippen LogP contribution in [0.5, 0.6) is 0 Å². The molecule has 104 valence electrons. The molecule has 2 atom stereocenters. The van der Waals surface area contributed by atoms with Crippen molar-refractivity contribution in [3.63, 3.8) is 0 Å². The molecular weight excluding hydrogens is 234 g/mol. The Morgan fingerprint density at radius 2 is 1.83 bits per heavy atom. The van der Waals surface area contributed by atoms with E-state index in [-0.39, 0.29) is 5.91 Å². The van der Waals surface area contributed by atoms with Gasteiger partial charge in [0.15, 0.2) is 0 Å². The van der Waals surface area contributed by atoms with Crippen LogP contribution in [0, 0.1) is 0 Å². The number of rotatable bonds is 5. The zero-order valence-electron chi connectivity index (χ0n) is 11.1. The highest BCUT2D eigenvalue weighted by Crippen LogP contribution is 2.09. The predicted molar refractivity (Wildman–Crippen MR) is 68.1 cm³/mol. The maximum Gasteiger partial charge on any atom is 0.320 e. The molecule has 1 saturated heterocycles. The minimum absolute atomic E-state index is 0.0144. The second-order valence-electron chi connectivity index (χ2n) is 4.77. The smallest absolute Gasteiger partial charge is 0.320 e. The molecule has 1 aliphatic rings. The van der Waals surface area contributed by atoms with Gasteiger partial charge in [-0.05, 0) is 13.3 Å². The lowest BCUT2D eigenvalue weighted by Crippen LogP contribution is -2.55. The fourth-order valence-corrected chi connectivity index (χ4v) is 2.15. The number of aliphatic carboxylic acids is 1. The van der Waals surface area contributed by atoms with Crippen molar-refractivity contribution in [2.24, 2.45) is 5.73 Å². The Morgan fingerprint density at radius 1 is 1.28 bits per heavy atom. The summed E-state index contributed by atoms with van der Waals surface area (Å²) in [5.74, 6) is -0.836. The molecule has 1 heterocycles. The van der Waals surface area contributed by atoms with Crippen LogP contribution >= 0.6 is 0 Å². The van der Waals surface area contributed by atoms with Crippen molar-refractivity contribution < 1.29 is 14.7 Å². The Labute approximate surface area is 108 Å². The van der Waals surface area contributed by atoms with Gasteiger partial charge in [0.2, 0.25) is 5.91 Å². The van der Waals surface area contributed by atoms with Crippen LogP contribution in [0.4, 0.5) is 0 Å². The average Bonchev–Trinajstić information content (AvgIpc) is 2.37. The summed E-state index contributed by atoms with van der Waals surface area (Å²) < 4.78 is 0. The molecule has 6 nitrogen and oxygen atoms in total. The molecule has 1 aliphatic heterocycles. The van der Waals surface area contributed by atoms with Gasteiger partial charge in [0.1, 0.15) is 6.04 Å². The molecule has 0 spiro atoms. The van der Waals surface area contributed by atoms with E-state index in [0.717, 1.165) is 6.42 Å². The van der Waals surface area contributed by atoms with Crippen LogP contribution in [0.15, 0.2) is 0 Å². The Balaban J connectivity index is 2.44. The van der Waals surface area contributed by atoms with Gasteiger partial charge in [-0.25, -0.2) is 0 Å². The van der Waals surface area contributed by atoms with Crippen LogP contribution in [0.2, 0.25) is 0 Å². The number of nitrogens with zero attached hydrogens (tertiary/aromatic N) is 2. The van der Waals surface area contributed by atoms with E-state index >= 15 is 0 Å². The van der Waals surface area contributed by atoms with Gasteiger partial charge in [-0.2, -0.15) is 0 Å². The third kappa shape index (κ3) is 3.68. The van der Waals surface area contributed by atoms with E-state index in [2.05, 4.69) is 0 Å². The van der Waals surface area contributed by atoms with E-state index in [1.165, 1.54) is 0 Å². The molecule has 0 bridgehead atoms. The lowest BCUT2D eigenvalue weighted by molar-refractivity contribution is -0.144. The highest BCUT2D eigenvalue weighted by Gasteiger charge is 2.28. The number of carboxylic acids is 1. The normalized spacial score (nSPS) is 20.5. The maximum atomic E-state index is 12.0. The molecule has 0 aromatic rings.